The Hall–Kier alpha value is -1.77. The predicted octanol–water partition coefficient (Wildman–Crippen LogP) is 2.01. The molecule has 0 saturated carbocycles. The zero-order chi connectivity index (χ0) is 11.0. The van der Waals surface area contributed by atoms with Gasteiger partial charge in [0.25, 0.3) is 0 Å². The van der Waals surface area contributed by atoms with Gasteiger partial charge in [-0.25, -0.2) is 0 Å². The van der Waals surface area contributed by atoms with Gasteiger partial charge in [-0.3, -0.25) is 4.79 Å². The first-order valence-corrected chi connectivity index (χ1v) is 4.69. The zero-order valence-electron chi connectivity index (χ0n) is 8.62. The number of benzene rings is 1. The number of hydrogen-bond acceptors (Lipinski definition) is 1. The van der Waals surface area contributed by atoms with E-state index in [0.717, 1.165) is 10.9 Å². The summed E-state index contributed by atoms with van der Waals surface area (Å²) in [7, 11) is 1.64. The van der Waals surface area contributed by atoms with Crippen LogP contribution < -0.4 is 4.57 Å². The van der Waals surface area contributed by atoms with Gasteiger partial charge < -0.3 is 0 Å². The third-order valence-corrected chi connectivity index (χ3v) is 2.52. The van der Waals surface area contributed by atoms with Crippen LogP contribution in [0.25, 0.3) is 10.9 Å². The Bertz CT molecular complexity index is 549. The van der Waals surface area contributed by atoms with Crippen LogP contribution in [0.4, 0.5) is 4.39 Å². The van der Waals surface area contributed by atoms with Gasteiger partial charge in [0.15, 0.2) is 5.78 Å². The van der Waals surface area contributed by atoms with Gasteiger partial charge >= 0.3 is 5.95 Å². The van der Waals surface area contributed by atoms with Crippen LogP contribution in [0.3, 0.4) is 0 Å². The van der Waals surface area contributed by atoms with Gasteiger partial charge in [-0.15, -0.1) is 4.39 Å². The summed E-state index contributed by atoms with van der Waals surface area (Å²) in [6, 6.07) is 8.57. The van der Waals surface area contributed by atoms with Crippen molar-refractivity contribution in [2.24, 2.45) is 7.05 Å². The largest absolute Gasteiger partial charge is 0.360 e. The fourth-order valence-electron chi connectivity index (χ4n) is 1.69. The molecular formula is C12H11FNO+. The maximum Gasteiger partial charge on any atom is 0.360 e. The lowest BCUT2D eigenvalue weighted by Crippen LogP contribution is -2.34. The molecule has 3 heteroatoms. The molecule has 0 fully saturated rings. The highest BCUT2D eigenvalue weighted by Crippen LogP contribution is 2.16. The van der Waals surface area contributed by atoms with Crippen LogP contribution in [0.2, 0.25) is 0 Å². The van der Waals surface area contributed by atoms with E-state index in [9.17, 15) is 9.18 Å². The van der Waals surface area contributed by atoms with Crippen LogP contribution in [0, 0.1) is 5.95 Å². The second-order valence-electron chi connectivity index (χ2n) is 3.51. The Balaban J connectivity index is 2.94. The molecule has 15 heavy (non-hydrogen) atoms. The minimum atomic E-state index is -0.404. The number of ketones is 1. The number of halogens is 1. The van der Waals surface area contributed by atoms with Gasteiger partial charge in [-0.2, -0.15) is 4.57 Å². The number of fused-ring (bicyclic) bond motifs is 1. The summed E-state index contributed by atoms with van der Waals surface area (Å²) in [6.45, 7) is 1.45. The summed E-state index contributed by atoms with van der Waals surface area (Å²) in [5, 5.41) is 0.786. The van der Waals surface area contributed by atoms with E-state index in [-0.39, 0.29) is 5.78 Å². The first-order chi connectivity index (χ1) is 7.11. The summed E-state index contributed by atoms with van der Waals surface area (Å²) in [5.74, 6) is -0.524. The second-order valence-corrected chi connectivity index (χ2v) is 3.51. The number of nitrogens with zero attached hydrogens (tertiary/aromatic N) is 1. The zero-order valence-corrected chi connectivity index (χ0v) is 8.62. The third kappa shape index (κ3) is 1.50. The first-order valence-electron chi connectivity index (χ1n) is 4.69. The molecule has 0 bridgehead atoms. The van der Waals surface area contributed by atoms with Crippen molar-refractivity contribution in [3.05, 3.63) is 41.8 Å². The summed E-state index contributed by atoms with van der Waals surface area (Å²) in [4.78, 5) is 11.3. The smallest absolute Gasteiger partial charge is 0.294 e. The topological polar surface area (TPSA) is 20.9 Å². The molecule has 0 aliphatic carbocycles. The van der Waals surface area contributed by atoms with Gasteiger partial charge in [-0.1, -0.05) is 12.1 Å². The lowest BCUT2D eigenvalue weighted by molar-refractivity contribution is -0.674. The summed E-state index contributed by atoms with van der Waals surface area (Å²) < 4.78 is 14.9. The summed E-state index contributed by atoms with van der Waals surface area (Å²) in [6.07, 6.45) is 0. The number of Topliss-reactive ketones (excluding diaryl/α,β-unsaturated/α-hetero) is 1. The average molecular weight is 204 g/mol. The molecule has 1 aromatic carbocycles. The number of carbonyl (C=O) groups excluding carboxylic acids is 1. The van der Waals surface area contributed by atoms with Crippen molar-refractivity contribution in [3.8, 4) is 0 Å². The van der Waals surface area contributed by atoms with Crippen LogP contribution in [0.1, 0.15) is 17.3 Å². The van der Waals surface area contributed by atoms with E-state index >= 15 is 0 Å². The molecule has 2 aromatic rings. The molecular weight excluding hydrogens is 193 g/mol. The minimum absolute atomic E-state index is 0.120. The van der Waals surface area contributed by atoms with Crippen LogP contribution >= 0.6 is 0 Å². The van der Waals surface area contributed by atoms with Crippen molar-refractivity contribution in [2.75, 3.05) is 0 Å². The average Bonchev–Trinajstić information content (AvgIpc) is 2.23. The summed E-state index contributed by atoms with van der Waals surface area (Å²) >= 11 is 0. The van der Waals surface area contributed by atoms with Crippen molar-refractivity contribution < 1.29 is 13.8 Å². The number of hydrogen-bond donors (Lipinski definition) is 0. The van der Waals surface area contributed by atoms with Gasteiger partial charge in [0, 0.05) is 11.6 Å². The quantitative estimate of drug-likeness (QED) is 0.395. The lowest BCUT2D eigenvalue weighted by atomic mass is 10.1. The Morgan fingerprint density at radius 1 is 1.33 bits per heavy atom. The monoisotopic (exact) mass is 204 g/mol. The number of carbonyl (C=O) groups is 1. The number of para-hydroxylation sites is 1. The Labute approximate surface area is 87.0 Å². The van der Waals surface area contributed by atoms with Gasteiger partial charge in [0.05, 0.1) is 11.5 Å². The van der Waals surface area contributed by atoms with E-state index < -0.39 is 5.95 Å². The molecule has 0 unspecified atom stereocenters. The normalized spacial score (nSPS) is 10.6. The Morgan fingerprint density at radius 2 is 2.00 bits per heavy atom. The molecule has 0 aliphatic heterocycles. The van der Waals surface area contributed by atoms with Crippen molar-refractivity contribution >= 4 is 16.7 Å². The van der Waals surface area contributed by atoms with Gasteiger partial charge in [-0.05, 0) is 13.0 Å². The highest BCUT2D eigenvalue weighted by molar-refractivity contribution is 6.05. The van der Waals surface area contributed by atoms with Crippen LogP contribution in [0.15, 0.2) is 30.3 Å². The molecule has 0 spiro atoms. The molecule has 76 valence electrons. The van der Waals surface area contributed by atoms with Gasteiger partial charge in [0.2, 0.25) is 5.52 Å². The van der Waals surface area contributed by atoms with Crippen LogP contribution in [0.5, 0.6) is 0 Å². The van der Waals surface area contributed by atoms with Crippen molar-refractivity contribution in [1.82, 2.24) is 0 Å². The third-order valence-electron chi connectivity index (χ3n) is 2.52. The van der Waals surface area contributed by atoms with Gasteiger partial charge in [0.1, 0.15) is 7.05 Å². The molecule has 0 atom stereocenters. The highest BCUT2D eigenvalue weighted by atomic mass is 19.1. The second kappa shape index (κ2) is 3.42. The molecule has 2 nitrogen and oxygen atoms in total. The first kappa shape index (κ1) is 9.77. The van der Waals surface area contributed by atoms with E-state index in [4.69, 9.17) is 0 Å². The molecule has 0 saturated heterocycles. The van der Waals surface area contributed by atoms with E-state index in [1.54, 1.807) is 13.1 Å². The molecule has 0 aliphatic rings. The maximum absolute atomic E-state index is 13.5. The molecule has 1 heterocycles. The van der Waals surface area contributed by atoms with Crippen LogP contribution in [-0.2, 0) is 7.05 Å². The van der Waals surface area contributed by atoms with E-state index in [1.165, 1.54) is 17.6 Å². The van der Waals surface area contributed by atoms with E-state index in [0.29, 0.717) is 5.56 Å². The minimum Gasteiger partial charge on any atom is -0.294 e. The highest BCUT2D eigenvalue weighted by Gasteiger charge is 2.17. The molecule has 0 N–H and O–H groups in total. The number of rotatable bonds is 1. The van der Waals surface area contributed by atoms with Crippen molar-refractivity contribution in [2.45, 2.75) is 6.92 Å². The SMILES string of the molecule is CC(=O)c1cc(F)[n+](C)c2ccccc12. The van der Waals surface area contributed by atoms with Crippen molar-refractivity contribution in [1.29, 1.82) is 0 Å². The van der Waals surface area contributed by atoms with Crippen LogP contribution in [-0.4, -0.2) is 5.78 Å². The molecule has 1 aromatic heterocycles. The predicted molar refractivity (Wildman–Crippen MR) is 55.1 cm³/mol. The molecule has 0 radical (unpaired) electrons. The van der Waals surface area contributed by atoms with E-state index in [1.807, 2.05) is 18.2 Å². The summed E-state index contributed by atoms with van der Waals surface area (Å²) in [5.41, 5.74) is 1.16. The lowest BCUT2D eigenvalue weighted by Gasteiger charge is -2.02. The number of aryl methyl sites for hydroxylation is 1. The maximum atomic E-state index is 13.5. The number of aromatic nitrogens is 1. The fraction of sp³-hybridized carbons (Fsp3) is 0.167. The Morgan fingerprint density at radius 3 is 2.67 bits per heavy atom. The molecule has 0 amide bonds. The van der Waals surface area contributed by atoms with E-state index in [2.05, 4.69) is 0 Å². The Kier molecular flexibility index (Phi) is 2.23. The standard InChI is InChI=1S/C12H11FNO/c1-8(15)10-7-12(13)14(2)11-6-4-3-5-9(10)11/h3-7H,1-2H3/q+1. The van der Waals surface area contributed by atoms with Crippen molar-refractivity contribution in [3.63, 3.8) is 0 Å². The molecule has 2 rings (SSSR count). The number of pyridine rings is 1. The fourth-order valence-corrected chi connectivity index (χ4v) is 1.69.